The molecule has 1 N–H and O–H groups in total. The average molecular weight is 397 g/mol. The van der Waals surface area contributed by atoms with Crippen molar-refractivity contribution >= 4 is 17.4 Å². The maximum atomic E-state index is 12.6. The molecule has 0 atom stereocenters. The number of carbonyl (C=O) groups excluding carboxylic acids is 1. The Balaban J connectivity index is 1.30. The molecule has 2 heterocycles. The van der Waals surface area contributed by atoms with Crippen LogP contribution in [0.5, 0.6) is 17.2 Å². The van der Waals surface area contributed by atoms with Crippen LogP contribution in [0.2, 0.25) is 0 Å². The molecule has 29 heavy (non-hydrogen) atoms. The largest absolute Gasteiger partial charge is 0.491 e. The van der Waals surface area contributed by atoms with Crippen LogP contribution in [0.15, 0.2) is 42.5 Å². The van der Waals surface area contributed by atoms with E-state index in [4.69, 9.17) is 14.2 Å². The zero-order valence-electron chi connectivity index (χ0n) is 16.9. The molecule has 0 aliphatic carbocycles. The number of rotatable bonds is 4. The van der Waals surface area contributed by atoms with Gasteiger partial charge in [-0.25, -0.2) is 4.79 Å². The molecule has 2 amide bonds. The molecule has 2 aromatic rings. The van der Waals surface area contributed by atoms with Crippen molar-refractivity contribution in [3.63, 3.8) is 0 Å². The molecule has 0 saturated carbocycles. The number of hydrogen-bond donors (Lipinski definition) is 1. The maximum absolute atomic E-state index is 12.6. The molecule has 0 aromatic heterocycles. The van der Waals surface area contributed by atoms with Gasteiger partial charge in [0.1, 0.15) is 19.0 Å². The van der Waals surface area contributed by atoms with Crippen molar-refractivity contribution < 1.29 is 19.0 Å². The molecule has 2 aliphatic rings. The van der Waals surface area contributed by atoms with E-state index >= 15 is 0 Å². The Kier molecular flexibility index (Phi) is 5.64. The monoisotopic (exact) mass is 397 g/mol. The molecule has 1 fully saturated rings. The first-order valence-corrected chi connectivity index (χ1v) is 10.1. The standard InChI is InChI=1S/C22H27N3O4/c1-16(2)29-19-6-4-18(5-7-19)24-9-11-25(12-10-24)22(26)23-17-3-8-20-21(15-17)28-14-13-27-20/h3-8,15-16H,9-14H2,1-2H3,(H,23,26). The molecular weight excluding hydrogens is 370 g/mol. The van der Waals surface area contributed by atoms with E-state index in [-0.39, 0.29) is 12.1 Å². The van der Waals surface area contributed by atoms with Gasteiger partial charge >= 0.3 is 6.03 Å². The minimum Gasteiger partial charge on any atom is -0.491 e. The first kappa shape index (κ1) is 19.2. The molecule has 0 unspecified atom stereocenters. The number of fused-ring (bicyclic) bond motifs is 1. The number of carbonyl (C=O) groups is 1. The summed E-state index contributed by atoms with van der Waals surface area (Å²) in [5, 5.41) is 2.96. The van der Waals surface area contributed by atoms with Gasteiger partial charge in [0, 0.05) is 43.6 Å². The third-order valence-electron chi connectivity index (χ3n) is 4.93. The zero-order valence-corrected chi connectivity index (χ0v) is 16.9. The van der Waals surface area contributed by atoms with E-state index in [1.807, 2.05) is 49.1 Å². The van der Waals surface area contributed by atoms with Gasteiger partial charge in [-0.3, -0.25) is 0 Å². The summed E-state index contributed by atoms with van der Waals surface area (Å²) >= 11 is 0. The highest BCUT2D eigenvalue weighted by Crippen LogP contribution is 2.32. The molecule has 154 valence electrons. The van der Waals surface area contributed by atoms with Gasteiger partial charge in [0.25, 0.3) is 0 Å². The Morgan fingerprint density at radius 1 is 0.966 bits per heavy atom. The van der Waals surface area contributed by atoms with Crippen molar-refractivity contribution in [2.75, 3.05) is 49.6 Å². The maximum Gasteiger partial charge on any atom is 0.321 e. The molecule has 0 spiro atoms. The van der Waals surface area contributed by atoms with Crippen LogP contribution >= 0.6 is 0 Å². The molecular formula is C22H27N3O4. The molecule has 0 bridgehead atoms. The number of nitrogens with zero attached hydrogens (tertiary/aromatic N) is 2. The third-order valence-corrected chi connectivity index (χ3v) is 4.93. The highest BCUT2D eigenvalue weighted by atomic mass is 16.6. The molecule has 1 saturated heterocycles. The predicted molar refractivity (Wildman–Crippen MR) is 112 cm³/mol. The van der Waals surface area contributed by atoms with Crippen LogP contribution in [0, 0.1) is 0 Å². The first-order valence-electron chi connectivity index (χ1n) is 10.1. The number of amides is 2. The summed E-state index contributed by atoms with van der Waals surface area (Å²) in [6.45, 7) is 8.03. The quantitative estimate of drug-likeness (QED) is 0.854. The van der Waals surface area contributed by atoms with Crippen LogP contribution in [0.25, 0.3) is 0 Å². The summed E-state index contributed by atoms with van der Waals surface area (Å²) in [5.74, 6) is 2.26. The number of ether oxygens (including phenoxy) is 3. The average Bonchev–Trinajstić information content (AvgIpc) is 2.74. The van der Waals surface area contributed by atoms with Crippen molar-refractivity contribution in [3.05, 3.63) is 42.5 Å². The third kappa shape index (κ3) is 4.67. The second kappa shape index (κ2) is 8.51. The van der Waals surface area contributed by atoms with Crippen LogP contribution in [-0.4, -0.2) is 56.4 Å². The van der Waals surface area contributed by atoms with Crippen molar-refractivity contribution in [2.45, 2.75) is 20.0 Å². The van der Waals surface area contributed by atoms with Gasteiger partial charge in [0.2, 0.25) is 0 Å². The summed E-state index contributed by atoms with van der Waals surface area (Å²) in [6.07, 6.45) is 0.164. The van der Waals surface area contributed by atoms with E-state index in [0.29, 0.717) is 43.5 Å². The normalized spacial score (nSPS) is 16.0. The SMILES string of the molecule is CC(C)Oc1ccc(N2CCN(C(=O)Nc3ccc4c(c3)OCCO4)CC2)cc1. The van der Waals surface area contributed by atoms with Crippen LogP contribution in [0.4, 0.5) is 16.2 Å². The van der Waals surface area contributed by atoms with E-state index in [9.17, 15) is 4.79 Å². The second-order valence-corrected chi connectivity index (χ2v) is 7.42. The second-order valence-electron chi connectivity index (χ2n) is 7.42. The predicted octanol–water partition coefficient (Wildman–Crippen LogP) is 3.60. The fourth-order valence-corrected chi connectivity index (χ4v) is 3.50. The van der Waals surface area contributed by atoms with Crippen LogP contribution < -0.4 is 24.4 Å². The number of benzene rings is 2. The Labute approximate surface area is 171 Å². The van der Waals surface area contributed by atoms with Gasteiger partial charge in [0.05, 0.1) is 6.10 Å². The van der Waals surface area contributed by atoms with Crippen molar-refractivity contribution in [1.82, 2.24) is 4.90 Å². The number of nitrogens with one attached hydrogen (secondary N) is 1. The topological polar surface area (TPSA) is 63.3 Å². The molecule has 0 radical (unpaired) electrons. The first-order chi connectivity index (χ1) is 14.1. The molecule has 7 nitrogen and oxygen atoms in total. The van der Waals surface area contributed by atoms with E-state index in [2.05, 4.69) is 22.3 Å². The molecule has 2 aromatic carbocycles. The number of hydrogen-bond acceptors (Lipinski definition) is 5. The zero-order chi connectivity index (χ0) is 20.2. The van der Waals surface area contributed by atoms with Crippen molar-refractivity contribution in [1.29, 1.82) is 0 Å². The Hall–Kier alpha value is -3.09. The summed E-state index contributed by atoms with van der Waals surface area (Å²) in [7, 11) is 0. The minimum absolute atomic E-state index is 0.0954. The number of urea groups is 1. The molecule has 4 rings (SSSR count). The van der Waals surface area contributed by atoms with Gasteiger partial charge < -0.3 is 29.3 Å². The lowest BCUT2D eigenvalue weighted by Crippen LogP contribution is -2.50. The Morgan fingerprint density at radius 2 is 1.66 bits per heavy atom. The fourth-order valence-electron chi connectivity index (χ4n) is 3.50. The summed E-state index contributed by atoms with van der Waals surface area (Å²) < 4.78 is 16.8. The number of anilines is 2. The summed E-state index contributed by atoms with van der Waals surface area (Å²) in [4.78, 5) is 16.8. The van der Waals surface area contributed by atoms with Gasteiger partial charge in [0.15, 0.2) is 11.5 Å². The van der Waals surface area contributed by atoms with Gasteiger partial charge in [-0.2, -0.15) is 0 Å². The lowest BCUT2D eigenvalue weighted by molar-refractivity contribution is 0.171. The fraction of sp³-hybridized carbons (Fsp3) is 0.409. The summed E-state index contributed by atoms with van der Waals surface area (Å²) in [6, 6.07) is 13.5. The van der Waals surface area contributed by atoms with E-state index < -0.39 is 0 Å². The van der Waals surface area contributed by atoms with E-state index in [1.54, 1.807) is 0 Å². The van der Waals surface area contributed by atoms with Gasteiger partial charge in [-0.15, -0.1) is 0 Å². The Bertz CT molecular complexity index is 846. The molecule has 2 aliphatic heterocycles. The lowest BCUT2D eigenvalue weighted by atomic mass is 10.2. The highest BCUT2D eigenvalue weighted by molar-refractivity contribution is 5.90. The number of piperazine rings is 1. The van der Waals surface area contributed by atoms with Gasteiger partial charge in [-0.1, -0.05) is 0 Å². The minimum atomic E-state index is -0.0954. The van der Waals surface area contributed by atoms with E-state index in [1.165, 1.54) is 0 Å². The van der Waals surface area contributed by atoms with Crippen molar-refractivity contribution in [3.8, 4) is 17.2 Å². The van der Waals surface area contributed by atoms with Crippen LogP contribution in [0.1, 0.15) is 13.8 Å². The highest BCUT2D eigenvalue weighted by Gasteiger charge is 2.22. The van der Waals surface area contributed by atoms with Gasteiger partial charge in [-0.05, 0) is 50.2 Å². The summed E-state index contributed by atoms with van der Waals surface area (Å²) in [5.41, 5.74) is 1.86. The lowest BCUT2D eigenvalue weighted by Gasteiger charge is -2.36. The smallest absolute Gasteiger partial charge is 0.321 e. The molecule has 7 heteroatoms. The van der Waals surface area contributed by atoms with Crippen LogP contribution in [-0.2, 0) is 0 Å². The van der Waals surface area contributed by atoms with E-state index in [0.717, 1.165) is 24.5 Å². The van der Waals surface area contributed by atoms with Crippen LogP contribution in [0.3, 0.4) is 0 Å². The Morgan fingerprint density at radius 3 is 2.34 bits per heavy atom. The van der Waals surface area contributed by atoms with Crippen molar-refractivity contribution in [2.24, 2.45) is 0 Å².